The molecule has 0 spiro atoms. The van der Waals surface area contributed by atoms with Gasteiger partial charge in [-0.15, -0.1) is 0 Å². The number of carbonyl (C=O) groups excluding carboxylic acids is 2. The second-order valence-electron chi connectivity index (χ2n) is 4.97. The number of primary amides is 1. The smallest absolute Gasteiger partial charge is 0.338 e. The fraction of sp³-hybridized carbons (Fsp3) is 0.467. The molecule has 1 aromatic rings. The van der Waals surface area contributed by atoms with Crippen molar-refractivity contribution >= 4 is 11.9 Å². The zero-order valence-electron chi connectivity index (χ0n) is 12.7. The topological polar surface area (TPSA) is 91.1 Å². The van der Waals surface area contributed by atoms with Gasteiger partial charge in [0.2, 0.25) is 5.91 Å². The summed E-state index contributed by atoms with van der Waals surface area (Å²) in [6, 6.07) is 5.21. The van der Waals surface area contributed by atoms with Crippen LogP contribution in [0.5, 0.6) is 5.75 Å². The van der Waals surface area contributed by atoms with Gasteiger partial charge >= 0.3 is 5.97 Å². The minimum Gasteiger partial charge on any atom is -0.496 e. The largest absolute Gasteiger partial charge is 0.496 e. The average molecular weight is 308 g/mol. The second kappa shape index (κ2) is 7.24. The second-order valence-corrected chi connectivity index (χ2v) is 4.97. The van der Waals surface area contributed by atoms with Crippen LogP contribution in [0.3, 0.4) is 0 Å². The average Bonchev–Trinajstić information content (AvgIpc) is 2.54. The Labute approximate surface area is 128 Å². The molecular formula is C15H20N2O5. The van der Waals surface area contributed by atoms with Crippen molar-refractivity contribution in [1.29, 1.82) is 0 Å². The third-order valence-corrected chi connectivity index (χ3v) is 3.61. The summed E-state index contributed by atoms with van der Waals surface area (Å²) < 4.78 is 15.5. The Morgan fingerprint density at radius 1 is 1.41 bits per heavy atom. The number of carbonyl (C=O) groups is 2. The van der Waals surface area contributed by atoms with Crippen LogP contribution in [0.1, 0.15) is 15.9 Å². The molecule has 1 amide bonds. The summed E-state index contributed by atoms with van der Waals surface area (Å²) in [7, 11) is 2.88. The highest BCUT2D eigenvalue weighted by Gasteiger charge is 2.26. The van der Waals surface area contributed by atoms with Gasteiger partial charge in [0, 0.05) is 25.2 Å². The van der Waals surface area contributed by atoms with Crippen LogP contribution in [0.4, 0.5) is 0 Å². The number of nitrogens with two attached hydrogens (primary N) is 1. The highest BCUT2D eigenvalue weighted by Crippen LogP contribution is 2.25. The summed E-state index contributed by atoms with van der Waals surface area (Å²) in [6.07, 6.45) is -0.634. The Morgan fingerprint density at radius 2 is 2.18 bits per heavy atom. The highest BCUT2D eigenvalue weighted by molar-refractivity contribution is 5.91. The molecule has 2 rings (SSSR count). The van der Waals surface area contributed by atoms with E-state index in [1.54, 1.807) is 25.3 Å². The fourth-order valence-corrected chi connectivity index (χ4v) is 2.46. The van der Waals surface area contributed by atoms with Crippen molar-refractivity contribution in [1.82, 2.24) is 4.90 Å². The first kappa shape index (κ1) is 16.3. The molecule has 1 atom stereocenters. The van der Waals surface area contributed by atoms with Crippen molar-refractivity contribution in [2.45, 2.75) is 12.6 Å². The standard InChI is InChI=1S/C15H20N2O5/c1-20-12-5-3-4-10(15(19)21-2)11(12)8-17-6-7-22-13(9-17)14(16)18/h3-5,13H,6-9H2,1-2H3,(H2,16,18). The van der Waals surface area contributed by atoms with Gasteiger partial charge in [-0.05, 0) is 12.1 Å². The lowest BCUT2D eigenvalue weighted by atomic mass is 10.0. The molecule has 0 bridgehead atoms. The van der Waals surface area contributed by atoms with Crippen LogP contribution in [0.2, 0.25) is 0 Å². The minimum atomic E-state index is -0.634. The van der Waals surface area contributed by atoms with Crippen molar-refractivity contribution in [3.63, 3.8) is 0 Å². The molecule has 1 aliphatic heterocycles. The predicted octanol–water partition coefficient (Wildman–Crippen LogP) is 0.168. The van der Waals surface area contributed by atoms with Gasteiger partial charge in [0.25, 0.3) is 0 Å². The zero-order valence-corrected chi connectivity index (χ0v) is 12.7. The van der Waals surface area contributed by atoms with E-state index in [0.717, 1.165) is 5.56 Å². The van der Waals surface area contributed by atoms with E-state index >= 15 is 0 Å². The molecule has 1 saturated heterocycles. The predicted molar refractivity (Wildman–Crippen MR) is 78.5 cm³/mol. The third-order valence-electron chi connectivity index (χ3n) is 3.61. The lowest BCUT2D eigenvalue weighted by Crippen LogP contribution is -2.48. The molecule has 1 heterocycles. The Kier molecular flexibility index (Phi) is 5.35. The molecule has 0 saturated carbocycles. The maximum absolute atomic E-state index is 11.9. The van der Waals surface area contributed by atoms with Crippen LogP contribution in [-0.2, 0) is 20.8 Å². The first-order chi connectivity index (χ1) is 10.6. The molecule has 0 aliphatic carbocycles. The van der Waals surface area contributed by atoms with Gasteiger partial charge in [0.15, 0.2) is 0 Å². The van der Waals surface area contributed by atoms with Gasteiger partial charge in [-0.2, -0.15) is 0 Å². The quantitative estimate of drug-likeness (QED) is 0.780. The normalized spacial score (nSPS) is 18.7. The number of hydrogen-bond acceptors (Lipinski definition) is 6. The number of methoxy groups -OCH3 is 2. The van der Waals surface area contributed by atoms with Crippen LogP contribution in [-0.4, -0.2) is 56.8 Å². The molecule has 1 aliphatic rings. The summed E-state index contributed by atoms with van der Waals surface area (Å²) in [5, 5.41) is 0. The Hall–Kier alpha value is -2.12. The van der Waals surface area contributed by atoms with E-state index in [1.165, 1.54) is 7.11 Å². The van der Waals surface area contributed by atoms with E-state index in [9.17, 15) is 9.59 Å². The van der Waals surface area contributed by atoms with E-state index in [2.05, 4.69) is 0 Å². The number of nitrogens with zero attached hydrogens (tertiary/aromatic N) is 1. The van der Waals surface area contributed by atoms with E-state index in [4.69, 9.17) is 19.9 Å². The monoisotopic (exact) mass is 308 g/mol. The first-order valence-corrected chi connectivity index (χ1v) is 6.94. The molecule has 1 unspecified atom stereocenters. The highest BCUT2D eigenvalue weighted by atomic mass is 16.5. The first-order valence-electron chi connectivity index (χ1n) is 6.94. The number of ether oxygens (including phenoxy) is 3. The van der Waals surface area contributed by atoms with Crippen LogP contribution in [0.15, 0.2) is 18.2 Å². The van der Waals surface area contributed by atoms with Gasteiger partial charge in [0.1, 0.15) is 11.9 Å². The lowest BCUT2D eigenvalue weighted by Gasteiger charge is -2.32. The van der Waals surface area contributed by atoms with E-state index < -0.39 is 18.0 Å². The van der Waals surface area contributed by atoms with Crippen LogP contribution in [0, 0.1) is 0 Å². The number of esters is 1. The molecule has 7 heteroatoms. The van der Waals surface area contributed by atoms with Gasteiger partial charge in [-0.25, -0.2) is 4.79 Å². The number of amides is 1. The molecule has 120 valence electrons. The Morgan fingerprint density at radius 3 is 2.82 bits per heavy atom. The summed E-state index contributed by atoms with van der Waals surface area (Å²) in [5.41, 5.74) is 6.46. The van der Waals surface area contributed by atoms with Crippen molar-refractivity contribution in [3.05, 3.63) is 29.3 Å². The Bertz CT molecular complexity index is 561. The summed E-state index contributed by atoms with van der Waals surface area (Å²) in [6.45, 7) is 1.88. The van der Waals surface area contributed by atoms with E-state index in [-0.39, 0.29) is 0 Å². The molecular weight excluding hydrogens is 288 g/mol. The third kappa shape index (κ3) is 3.55. The van der Waals surface area contributed by atoms with Gasteiger partial charge < -0.3 is 19.9 Å². The zero-order chi connectivity index (χ0) is 16.1. The lowest BCUT2D eigenvalue weighted by molar-refractivity contribution is -0.135. The van der Waals surface area contributed by atoms with Gasteiger partial charge in [-0.1, -0.05) is 6.07 Å². The number of morpholine rings is 1. The van der Waals surface area contributed by atoms with Crippen LogP contribution in [0.25, 0.3) is 0 Å². The van der Waals surface area contributed by atoms with Crippen LogP contribution < -0.4 is 10.5 Å². The molecule has 0 aromatic heterocycles. The summed E-state index contributed by atoms with van der Waals surface area (Å²) in [4.78, 5) is 25.2. The summed E-state index contributed by atoms with van der Waals surface area (Å²) >= 11 is 0. The van der Waals surface area contributed by atoms with Crippen molar-refractivity contribution < 1.29 is 23.8 Å². The summed E-state index contributed by atoms with van der Waals surface area (Å²) in [5.74, 6) is -0.309. The van der Waals surface area contributed by atoms with Crippen molar-refractivity contribution in [2.75, 3.05) is 33.9 Å². The molecule has 1 aromatic carbocycles. The number of rotatable bonds is 5. The van der Waals surface area contributed by atoms with Gasteiger partial charge in [0.05, 0.1) is 26.4 Å². The van der Waals surface area contributed by atoms with Crippen molar-refractivity contribution in [2.24, 2.45) is 5.73 Å². The molecule has 2 N–H and O–H groups in total. The van der Waals surface area contributed by atoms with Crippen molar-refractivity contribution in [3.8, 4) is 5.75 Å². The molecule has 1 fully saturated rings. The molecule has 22 heavy (non-hydrogen) atoms. The van der Waals surface area contributed by atoms with E-state index in [1.807, 2.05) is 4.90 Å². The Balaban J connectivity index is 2.24. The SMILES string of the molecule is COC(=O)c1cccc(OC)c1CN1CCOC(C(N)=O)C1. The van der Waals surface area contributed by atoms with E-state index in [0.29, 0.717) is 37.6 Å². The maximum atomic E-state index is 11.9. The number of benzene rings is 1. The van der Waals surface area contributed by atoms with Crippen LogP contribution >= 0.6 is 0 Å². The molecule has 7 nitrogen and oxygen atoms in total. The maximum Gasteiger partial charge on any atom is 0.338 e. The minimum absolute atomic E-state index is 0.383. The number of hydrogen-bond donors (Lipinski definition) is 1. The van der Waals surface area contributed by atoms with Gasteiger partial charge in [-0.3, -0.25) is 9.69 Å². The fourth-order valence-electron chi connectivity index (χ4n) is 2.46. The molecule has 0 radical (unpaired) electrons.